The van der Waals surface area contributed by atoms with E-state index in [4.69, 9.17) is 0 Å². The van der Waals surface area contributed by atoms with E-state index < -0.39 is 0 Å². The summed E-state index contributed by atoms with van der Waals surface area (Å²) in [6.07, 6.45) is 0.994. The summed E-state index contributed by atoms with van der Waals surface area (Å²) in [5.41, 5.74) is 2.14. The summed E-state index contributed by atoms with van der Waals surface area (Å²) in [7, 11) is 0. The lowest BCUT2D eigenvalue weighted by Crippen LogP contribution is -2.24. The number of anilines is 1. The minimum atomic E-state index is -0.155. The first-order valence-electron chi connectivity index (χ1n) is 7.10. The fourth-order valence-corrected chi connectivity index (χ4v) is 2.03. The minimum Gasteiger partial charge on any atom is -0.508 e. The fraction of sp³-hybridized carbons (Fsp3) is 0.235. The highest BCUT2D eigenvalue weighted by Crippen LogP contribution is 2.17. The Kier molecular flexibility index (Phi) is 5.21. The van der Waals surface area contributed by atoms with Crippen molar-refractivity contribution in [3.05, 3.63) is 59.7 Å². The van der Waals surface area contributed by atoms with Crippen molar-refractivity contribution in [2.24, 2.45) is 0 Å². The molecule has 0 spiro atoms. The molecule has 0 unspecified atom stereocenters. The summed E-state index contributed by atoms with van der Waals surface area (Å²) < 4.78 is 0. The van der Waals surface area contributed by atoms with Gasteiger partial charge >= 0.3 is 0 Å². The normalized spacial score (nSPS) is 10.1. The third kappa shape index (κ3) is 3.99. The first-order valence-corrected chi connectivity index (χ1v) is 7.10. The number of phenols is 1. The number of aromatic hydroxyl groups is 1. The number of carbonyl (C=O) groups is 1. The highest BCUT2D eigenvalue weighted by Gasteiger charge is 2.10. The zero-order valence-electron chi connectivity index (χ0n) is 12.1. The van der Waals surface area contributed by atoms with Crippen LogP contribution in [0, 0.1) is 0 Å². The third-order valence-electron chi connectivity index (χ3n) is 3.17. The molecular weight excluding hydrogens is 264 g/mol. The van der Waals surface area contributed by atoms with Crippen molar-refractivity contribution in [1.82, 2.24) is 5.32 Å². The predicted molar refractivity (Wildman–Crippen MR) is 84.5 cm³/mol. The van der Waals surface area contributed by atoms with E-state index in [0.717, 1.165) is 18.7 Å². The van der Waals surface area contributed by atoms with Crippen LogP contribution in [-0.2, 0) is 6.54 Å². The number of para-hydroxylation sites is 2. The standard InChI is InChI=1S/C17H20N2O2/c1-2-11-18-15-9-5-4-8-14(15)17(21)19-12-13-7-3-6-10-16(13)20/h3-10,18,20H,2,11-12H2,1H3,(H,19,21). The summed E-state index contributed by atoms with van der Waals surface area (Å²) in [6, 6.07) is 14.4. The van der Waals surface area contributed by atoms with Crippen molar-refractivity contribution >= 4 is 11.6 Å². The molecule has 0 aliphatic rings. The van der Waals surface area contributed by atoms with Gasteiger partial charge in [-0.25, -0.2) is 0 Å². The molecule has 2 aromatic rings. The van der Waals surface area contributed by atoms with Crippen molar-refractivity contribution in [3.8, 4) is 5.75 Å². The molecule has 0 aliphatic heterocycles. The van der Waals surface area contributed by atoms with Gasteiger partial charge in [-0.15, -0.1) is 0 Å². The van der Waals surface area contributed by atoms with Crippen molar-refractivity contribution in [3.63, 3.8) is 0 Å². The summed E-state index contributed by atoms with van der Waals surface area (Å²) in [4.78, 5) is 12.3. The van der Waals surface area contributed by atoms with Gasteiger partial charge in [0.2, 0.25) is 0 Å². The molecule has 21 heavy (non-hydrogen) atoms. The first-order chi connectivity index (χ1) is 10.2. The average molecular weight is 284 g/mol. The second-order valence-corrected chi connectivity index (χ2v) is 4.78. The minimum absolute atomic E-state index is 0.155. The number of carbonyl (C=O) groups excluding carboxylic acids is 1. The lowest BCUT2D eigenvalue weighted by atomic mass is 10.1. The molecule has 0 atom stereocenters. The van der Waals surface area contributed by atoms with Crippen LogP contribution in [0.15, 0.2) is 48.5 Å². The van der Waals surface area contributed by atoms with E-state index in [1.165, 1.54) is 0 Å². The van der Waals surface area contributed by atoms with E-state index in [9.17, 15) is 9.90 Å². The number of amides is 1. The molecule has 0 heterocycles. The molecule has 4 nitrogen and oxygen atoms in total. The zero-order chi connectivity index (χ0) is 15.1. The van der Waals surface area contributed by atoms with Crippen LogP contribution in [-0.4, -0.2) is 17.6 Å². The zero-order valence-corrected chi connectivity index (χ0v) is 12.1. The smallest absolute Gasteiger partial charge is 0.253 e. The van der Waals surface area contributed by atoms with Crippen molar-refractivity contribution in [2.45, 2.75) is 19.9 Å². The molecule has 2 aromatic carbocycles. The Balaban J connectivity index is 2.05. The van der Waals surface area contributed by atoms with Crippen LogP contribution in [0.2, 0.25) is 0 Å². The van der Waals surface area contributed by atoms with E-state index in [1.807, 2.05) is 24.3 Å². The van der Waals surface area contributed by atoms with Gasteiger partial charge in [-0.05, 0) is 24.6 Å². The largest absolute Gasteiger partial charge is 0.508 e. The maximum Gasteiger partial charge on any atom is 0.253 e. The Morgan fingerprint density at radius 2 is 1.81 bits per heavy atom. The Hall–Kier alpha value is -2.49. The number of phenolic OH excluding ortho intramolecular Hbond substituents is 1. The second-order valence-electron chi connectivity index (χ2n) is 4.78. The second kappa shape index (κ2) is 7.33. The van der Waals surface area contributed by atoms with E-state index in [2.05, 4.69) is 17.6 Å². The number of benzene rings is 2. The molecule has 0 aliphatic carbocycles. The molecule has 0 aromatic heterocycles. The van der Waals surface area contributed by atoms with Crippen LogP contribution in [0.1, 0.15) is 29.3 Å². The summed E-state index contributed by atoms with van der Waals surface area (Å²) >= 11 is 0. The van der Waals surface area contributed by atoms with Gasteiger partial charge in [0.15, 0.2) is 0 Å². The molecule has 110 valence electrons. The van der Waals surface area contributed by atoms with Gasteiger partial charge < -0.3 is 15.7 Å². The lowest BCUT2D eigenvalue weighted by Gasteiger charge is -2.12. The molecule has 0 radical (unpaired) electrons. The van der Waals surface area contributed by atoms with E-state index in [1.54, 1.807) is 24.3 Å². The fourth-order valence-electron chi connectivity index (χ4n) is 2.03. The monoisotopic (exact) mass is 284 g/mol. The van der Waals surface area contributed by atoms with E-state index in [-0.39, 0.29) is 11.7 Å². The molecule has 0 saturated heterocycles. The molecule has 3 N–H and O–H groups in total. The van der Waals surface area contributed by atoms with Crippen molar-refractivity contribution in [2.75, 3.05) is 11.9 Å². The van der Waals surface area contributed by atoms with Crippen molar-refractivity contribution in [1.29, 1.82) is 0 Å². The van der Waals surface area contributed by atoms with Crippen LogP contribution < -0.4 is 10.6 Å². The van der Waals surface area contributed by atoms with E-state index >= 15 is 0 Å². The molecule has 4 heteroatoms. The molecule has 0 bridgehead atoms. The Bertz CT molecular complexity index is 611. The molecule has 2 rings (SSSR count). The van der Waals surface area contributed by atoms with Gasteiger partial charge in [0.25, 0.3) is 5.91 Å². The highest BCUT2D eigenvalue weighted by atomic mass is 16.3. The van der Waals surface area contributed by atoms with Gasteiger partial charge in [-0.3, -0.25) is 4.79 Å². The predicted octanol–water partition coefficient (Wildman–Crippen LogP) is 3.14. The SMILES string of the molecule is CCCNc1ccccc1C(=O)NCc1ccccc1O. The van der Waals surface area contributed by atoms with Crippen LogP contribution >= 0.6 is 0 Å². The Morgan fingerprint density at radius 1 is 1.10 bits per heavy atom. The van der Waals surface area contributed by atoms with Crippen LogP contribution in [0.3, 0.4) is 0 Å². The first kappa shape index (κ1) is 14.9. The Morgan fingerprint density at radius 3 is 2.57 bits per heavy atom. The van der Waals surface area contributed by atoms with Gasteiger partial charge in [0.1, 0.15) is 5.75 Å². The van der Waals surface area contributed by atoms with Crippen LogP contribution in [0.25, 0.3) is 0 Å². The number of nitrogens with one attached hydrogen (secondary N) is 2. The topological polar surface area (TPSA) is 61.4 Å². The van der Waals surface area contributed by atoms with Gasteiger partial charge in [-0.2, -0.15) is 0 Å². The maximum absolute atomic E-state index is 12.3. The third-order valence-corrected chi connectivity index (χ3v) is 3.17. The molecule has 0 saturated carbocycles. The van der Waals surface area contributed by atoms with Gasteiger partial charge in [0.05, 0.1) is 5.56 Å². The highest BCUT2D eigenvalue weighted by molar-refractivity contribution is 5.99. The molecular formula is C17H20N2O2. The maximum atomic E-state index is 12.3. The van der Waals surface area contributed by atoms with Gasteiger partial charge in [0, 0.05) is 24.3 Å². The number of rotatable bonds is 6. The van der Waals surface area contributed by atoms with Crippen molar-refractivity contribution < 1.29 is 9.90 Å². The van der Waals surface area contributed by atoms with Gasteiger partial charge in [-0.1, -0.05) is 37.3 Å². The molecule has 1 amide bonds. The van der Waals surface area contributed by atoms with E-state index in [0.29, 0.717) is 17.7 Å². The molecule has 0 fully saturated rings. The number of hydrogen-bond donors (Lipinski definition) is 3. The summed E-state index contributed by atoms with van der Waals surface area (Å²) in [5.74, 6) is 0.0349. The summed E-state index contributed by atoms with van der Waals surface area (Å²) in [5, 5.41) is 15.8. The number of hydrogen-bond acceptors (Lipinski definition) is 3. The van der Waals surface area contributed by atoms with Crippen LogP contribution in [0.5, 0.6) is 5.75 Å². The Labute approximate surface area is 124 Å². The lowest BCUT2D eigenvalue weighted by molar-refractivity contribution is 0.0951. The summed E-state index contributed by atoms with van der Waals surface area (Å²) in [6.45, 7) is 3.20. The average Bonchev–Trinajstić information content (AvgIpc) is 2.52. The quantitative estimate of drug-likeness (QED) is 0.763. The van der Waals surface area contributed by atoms with Crippen LogP contribution in [0.4, 0.5) is 5.69 Å².